The zero-order valence-corrected chi connectivity index (χ0v) is 15.9. The second-order valence-corrected chi connectivity index (χ2v) is 6.98. The molecule has 3 N–H and O–H groups in total. The largest absolute Gasteiger partial charge is 0.345 e. The molecule has 1 atom stereocenters. The van der Waals surface area contributed by atoms with Gasteiger partial charge in [0.25, 0.3) is 5.91 Å². The predicted molar refractivity (Wildman–Crippen MR) is 106 cm³/mol. The lowest BCUT2D eigenvalue weighted by atomic mass is 10.1. The Hall–Kier alpha value is -3.07. The Morgan fingerprint density at radius 2 is 2.07 bits per heavy atom. The molecule has 0 spiro atoms. The predicted octanol–water partition coefficient (Wildman–Crippen LogP) is 1.10. The second-order valence-electron chi connectivity index (χ2n) is 6.98. The maximum Gasteiger partial charge on any atom is 0.289 e. The molecular weight excluding hydrogens is 356 g/mol. The van der Waals surface area contributed by atoms with Crippen LogP contribution in [0.15, 0.2) is 30.6 Å². The van der Waals surface area contributed by atoms with Crippen LogP contribution in [-0.4, -0.2) is 49.8 Å². The van der Waals surface area contributed by atoms with E-state index >= 15 is 0 Å². The van der Waals surface area contributed by atoms with E-state index in [1.165, 1.54) is 0 Å². The Morgan fingerprint density at radius 3 is 2.86 bits per heavy atom. The first-order valence-corrected chi connectivity index (χ1v) is 9.57. The van der Waals surface area contributed by atoms with Gasteiger partial charge in [-0.15, -0.1) is 10.2 Å². The maximum absolute atomic E-state index is 12.7. The van der Waals surface area contributed by atoms with E-state index in [2.05, 4.69) is 30.4 Å². The molecule has 3 heterocycles. The number of piperidine rings is 1. The van der Waals surface area contributed by atoms with Crippen molar-refractivity contribution < 1.29 is 4.79 Å². The number of nitrogens with one attached hydrogen (secondary N) is 1. The fourth-order valence-electron chi connectivity index (χ4n) is 3.56. The Kier molecular flexibility index (Phi) is 5.16. The van der Waals surface area contributed by atoms with E-state index in [9.17, 15) is 4.79 Å². The van der Waals surface area contributed by atoms with Gasteiger partial charge in [0.1, 0.15) is 0 Å². The van der Waals surface area contributed by atoms with Crippen molar-refractivity contribution in [2.75, 3.05) is 18.0 Å². The SMILES string of the molecule is CCn1c(C(=O)NCc2ccc3nccnc3c2)nnc1N1CCCC(N)C1. The zero-order valence-electron chi connectivity index (χ0n) is 15.9. The second kappa shape index (κ2) is 7.89. The first kappa shape index (κ1) is 18.3. The molecule has 146 valence electrons. The molecule has 1 fully saturated rings. The highest BCUT2D eigenvalue weighted by Gasteiger charge is 2.25. The van der Waals surface area contributed by atoms with E-state index in [-0.39, 0.29) is 11.9 Å². The number of carbonyl (C=O) groups is 1. The van der Waals surface area contributed by atoms with Gasteiger partial charge in [-0.3, -0.25) is 19.3 Å². The molecule has 3 aromatic rings. The lowest BCUT2D eigenvalue weighted by molar-refractivity contribution is 0.0936. The number of hydrogen-bond acceptors (Lipinski definition) is 7. The van der Waals surface area contributed by atoms with E-state index in [0.29, 0.717) is 24.9 Å². The van der Waals surface area contributed by atoms with Crippen LogP contribution in [0, 0.1) is 0 Å². The summed E-state index contributed by atoms with van der Waals surface area (Å²) in [4.78, 5) is 23.4. The van der Waals surface area contributed by atoms with Crippen LogP contribution in [0.4, 0.5) is 5.95 Å². The summed E-state index contributed by atoms with van der Waals surface area (Å²) in [5, 5.41) is 11.3. The Bertz CT molecular complexity index is 985. The summed E-state index contributed by atoms with van der Waals surface area (Å²) in [6, 6.07) is 5.88. The molecule has 1 saturated heterocycles. The fourth-order valence-corrected chi connectivity index (χ4v) is 3.56. The van der Waals surface area contributed by atoms with Gasteiger partial charge in [-0.25, -0.2) is 0 Å². The van der Waals surface area contributed by atoms with Gasteiger partial charge in [0.2, 0.25) is 11.8 Å². The van der Waals surface area contributed by atoms with Gasteiger partial charge in [-0.2, -0.15) is 0 Å². The number of aromatic nitrogens is 5. The molecule has 0 bridgehead atoms. The normalized spacial score (nSPS) is 17.1. The highest BCUT2D eigenvalue weighted by atomic mass is 16.2. The molecule has 9 heteroatoms. The average molecular weight is 380 g/mol. The Balaban J connectivity index is 1.48. The highest BCUT2D eigenvalue weighted by Crippen LogP contribution is 2.19. The maximum atomic E-state index is 12.7. The van der Waals surface area contributed by atoms with Gasteiger partial charge in [0, 0.05) is 44.6 Å². The summed E-state index contributed by atoms with van der Waals surface area (Å²) in [5.41, 5.74) is 8.66. The average Bonchev–Trinajstić information content (AvgIpc) is 3.16. The van der Waals surface area contributed by atoms with Crippen molar-refractivity contribution in [3.8, 4) is 0 Å². The third-order valence-corrected chi connectivity index (χ3v) is 4.98. The highest BCUT2D eigenvalue weighted by molar-refractivity contribution is 5.91. The summed E-state index contributed by atoms with van der Waals surface area (Å²) in [5.74, 6) is 0.780. The minimum atomic E-state index is -0.249. The lowest BCUT2D eigenvalue weighted by Gasteiger charge is -2.31. The minimum absolute atomic E-state index is 0.129. The summed E-state index contributed by atoms with van der Waals surface area (Å²) in [7, 11) is 0. The van der Waals surface area contributed by atoms with Crippen LogP contribution in [-0.2, 0) is 13.1 Å². The number of anilines is 1. The monoisotopic (exact) mass is 380 g/mol. The molecule has 1 unspecified atom stereocenters. The topological polar surface area (TPSA) is 115 Å². The van der Waals surface area contributed by atoms with Crippen molar-refractivity contribution in [1.29, 1.82) is 0 Å². The van der Waals surface area contributed by atoms with Crippen molar-refractivity contribution >= 4 is 22.9 Å². The third-order valence-electron chi connectivity index (χ3n) is 4.98. The molecule has 0 saturated carbocycles. The van der Waals surface area contributed by atoms with Crippen molar-refractivity contribution in [2.24, 2.45) is 5.73 Å². The zero-order chi connectivity index (χ0) is 19.5. The van der Waals surface area contributed by atoms with Crippen LogP contribution >= 0.6 is 0 Å². The molecule has 4 rings (SSSR count). The van der Waals surface area contributed by atoms with Crippen LogP contribution in [0.25, 0.3) is 11.0 Å². The van der Waals surface area contributed by atoms with Crippen molar-refractivity contribution in [3.05, 3.63) is 42.0 Å². The first-order chi connectivity index (χ1) is 13.7. The van der Waals surface area contributed by atoms with Crippen LogP contribution < -0.4 is 16.0 Å². The summed E-state index contributed by atoms with van der Waals surface area (Å²) in [6.07, 6.45) is 5.35. The molecule has 2 aromatic heterocycles. The van der Waals surface area contributed by atoms with Gasteiger partial charge in [-0.1, -0.05) is 6.07 Å². The van der Waals surface area contributed by atoms with Gasteiger partial charge in [0.05, 0.1) is 11.0 Å². The number of nitrogens with two attached hydrogens (primary N) is 1. The summed E-state index contributed by atoms with van der Waals surface area (Å²) < 4.78 is 1.85. The van der Waals surface area contributed by atoms with Gasteiger partial charge in [0.15, 0.2) is 0 Å². The van der Waals surface area contributed by atoms with Crippen LogP contribution in [0.5, 0.6) is 0 Å². The standard InChI is InChI=1S/C19H24N8O/c1-2-27-17(24-25-19(27)26-9-3-4-14(20)12-26)18(28)23-11-13-5-6-15-16(10-13)22-8-7-21-15/h5-8,10,14H,2-4,9,11-12,20H2,1H3,(H,23,28). The van der Waals surface area contributed by atoms with E-state index < -0.39 is 0 Å². The number of carbonyl (C=O) groups excluding carboxylic acids is 1. The first-order valence-electron chi connectivity index (χ1n) is 9.57. The molecule has 1 aromatic carbocycles. The number of rotatable bonds is 5. The molecule has 28 heavy (non-hydrogen) atoms. The van der Waals surface area contributed by atoms with E-state index in [1.807, 2.05) is 29.7 Å². The molecule has 0 radical (unpaired) electrons. The fraction of sp³-hybridized carbons (Fsp3) is 0.421. The summed E-state index contributed by atoms with van der Waals surface area (Å²) >= 11 is 0. The number of benzene rings is 1. The van der Waals surface area contributed by atoms with E-state index in [4.69, 9.17) is 5.73 Å². The van der Waals surface area contributed by atoms with Gasteiger partial charge < -0.3 is 16.0 Å². The number of fused-ring (bicyclic) bond motifs is 1. The van der Waals surface area contributed by atoms with Crippen LogP contribution in [0.1, 0.15) is 35.9 Å². The van der Waals surface area contributed by atoms with Crippen LogP contribution in [0.2, 0.25) is 0 Å². The molecule has 1 aliphatic rings. The molecule has 1 aliphatic heterocycles. The van der Waals surface area contributed by atoms with Crippen molar-refractivity contribution in [2.45, 2.75) is 38.9 Å². The lowest BCUT2D eigenvalue weighted by Crippen LogP contribution is -2.44. The van der Waals surface area contributed by atoms with E-state index in [0.717, 1.165) is 42.5 Å². The van der Waals surface area contributed by atoms with Crippen molar-refractivity contribution in [1.82, 2.24) is 30.0 Å². The summed E-state index contributed by atoms with van der Waals surface area (Å²) in [6.45, 7) is 4.59. The third kappa shape index (κ3) is 3.65. The number of hydrogen-bond donors (Lipinski definition) is 2. The van der Waals surface area contributed by atoms with Crippen LogP contribution in [0.3, 0.4) is 0 Å². The Labute approximate surface area is 163 Å². The van der Waals surface area contributed by atoms with Crippen molar-refractivity contribution in [3.63, 3.8) is 0 Å². The Morgan fingerprint density at radius 1 is 1.25 bits per heavy atom. The smallest absolute Gasteiger partial charge is 0.289 e. The minimum Gasteiger partial charge on any atom is -0.345 e. The number of amides is 1. The van der Waals surface area contributed by atoms with Gasteiger partial charge >= 0.3 is 0 Å². The quantitative estimate of drug-likeness (QED) is 0.681. The molecule has 9 nitrogen and oxygen atoms in total. The molecule has 1 amide bonds. The number of nitrogens with zero attached hydrogens (tertiary/aromatic N) is 6. The molecular formula is C19H24N8O. The van der Waals surface area contributed by atoms with Gasteiger partial charge in [-0.05, 0) is 37.5 Å². The van der Waals surface area contributed by atoms with E-state index in [1.54, 1.807) is 12.4 Å². The molecule has 0 aliphatic carbocycles.